The van der Waals surface area contributed by atoms with Crippen molar-refractivity contribution in [1.29, 1.82) is 0 Å². The predicted molar refractivity (Wildman–Crippen MR) is 121 cm³/mol. The average molecular weight is 469 g/mol. The Kier molecular flexibility index (Phi) is 6.03. The molecule has 1 aliphatic heterocycles. The molecule has 0 aliphatic carbocycles. The number of para-hydroxylation sites is 1. The number of fused-ring (bicyclic) bond motifs is 1. The molecule has 162 valence electrons. The van der Waals surface area contributed by atoms with Crippen LogP contribution < -0.4 is 13.7 Å². The molecule has 0 radical (unpaired) electrons. The van der Waals surface area contributed by atoms with Gasteiger partial charge in [0.05, 0.1) is 12.7 Å². The van der Waals surface area contributed by atoms with Gasteiger partial charge < -0.3 is 13.7 Å². The lowest BCUT2D eigenvalue weighted by molar-refractivity contribution is 0.101. The fourth-order valence-electron chi connectivity index (χ4n) is 3.05. The zero-order chi connectivity index (χ0) is 22.7. The largest absolute Gasteiger partial charge is 0.496 e. The number of carbonyl (C=O) groups is 1. The lowest BCUT2D eigenvalue weighted by Crippen LogP contribution is -2.09. The third-order valence-electron chi connectivity index (χ3n) is 4.61. The Balaban J connectivity index is 1.52. The molecule has 6 nitrogen and oxygen atoms in total. The van der Waals surface area contributed by atoms with Gasteiger partial charge in [0.1, 0.15) is 22.1 Å². The number of ketones is 1. The molecule has 0 saturated carbocycles. The van der Waals surface area contributed by atoms with Crippen molar-refractivity contribution in [3.63, 3.8) is 0 Å². The van der Waals surface area contributed by atoms with Gasteiger partial charge in [-0.1, -0.05) is 42.0 Å². The molecule has 1 aliphatic rings. The predicted octanol–water partition coefficient (Wildman–Crippen LogP) is 5.29. The minimum Gasteiger partial charge on any atom is -0.496 e. The van der Waals surface area contributed by atoms with Crippen molar-refractivity contribution in [3.05, 3.63) is 101 Å². The monoisotopic (exact) mass is 468 g/mol. The summed E-state index contributed by atoms with van der Waals surface area (Å²) in [7, 11) is -2.48. The summed E-state index contributed by atoms with van der Waals surface area (Å²) in [4.78, 5) is 12.5. The third-order valence-corrected chi connectivity index (χ3v) is 6.13. The van der Waals surface area contributed by atoms with E-state index in [1.165, 1.54) is 42.5 Å². The Morgan fingerprint density at radius 1 is 1.00 bits per heavy atom. The van der Waals surface area contributed by atoms with Gasteiger partial charge in [-0.2, -0.15) is 8.42 Å². The minimum atomic E-state index is -4.06. The summed E-state index contributed by atoms with van der Waals surface area (Å²) in [6, 6.07) is 17.3. The Morgan fingerprint density at radius 3 is 2.50 bits per heavy atom. The van der Waals surface area contributed by atoms with E-state index in [2.05, 4.69) is 0 Å². The first-order valence-electron chi connectivity index (χ1n) is 9.45. The SMILES string of the molecule is COc1ccccc1C=CC=C1Oc2cc(OS(=O)(=O)c3ccc(Cl)cc3)ccc2C1=O. The second kappa shape index (κ2) is 8.90. The van der Waals surface area contributed by atoms with Crippen molar-refractivity contribution in [1.82, 2.24) is 0 Å². The van der Waals surface area contributed by atoms with Crippen LogP contribution in [0.5, 0.6) is 17.2 Å². The summed E-state index contributed by atoms with van der Waals surface area (Å²) in [5.74, 6) is 0.751. The summed E-state index contributed by atoms with van der Waals surface area (Å²) >= 11 is 5.80. The van der Waals surface area contributed by atoms with Gasteiger partial charge in [0.15, 0.2) is 5.76 Å². The number of methoxy groups -OCH3 is 1. The number of Topliss-reactive ketones (excluding diaryl/α,β-unsaturated/α-hetero) is 1. The molecule has 1 heterocycles. The molecule has 8 heteroatoms. The number of hydrogen-bond donors (Lipinski definition) is 0. The second-order valence-electron chi connectivity index (χ2n) is 6.71. The third kappa shape index (κ3) is 4.54. The number of rotatable bonds is 6. The first kappa shape index (κ1) is 21.7. The molecule has 32 heavy (non-hydrogen) atoms. The molecule has 0 unspecified atom stereocenters. The van der Waals surface area contributed by atoms with Gasteiger partial charge in [-0.15, -0.1) is 0 Å². The van der Waals surface area contributed by atoms with Crippen molar-refractivity contribution < 1.29 is 26.9 Å². The molecule has 0 fully saturated rings. The molecule has 0 spiro atoms. The van der Waals surface area contributed by atoms with Crippen LogP contribution in [0.2, 0.25) is 5.02 Å². The lowest BCUT2D eigenvalue weighted by Gasteiger charge is -2.08. The quantitative estimate of drug-likeness (QED) is 0.361. The Bertz CT molecular complexity index is 1340. The van der Waals surface area contributed by atoms with Crippen LogP contribution in [-0.4, -0.2) is 21.3 Å². The van der Waals surface area contributed by atoms with Crippen LogP contribution in [0.25, 0.3) is 6.08 Å². The van der Waals surface area contributed by atoms with E-state index in [1.54, 1.807) is 25.3 Å². The van der Waals surface area contributed by atoms with E-state index in [0.717, 1.165) is 5.56 Å². The second-order valence-corrected chi connectivity index (χ2v) is 8.70. The summed E-state index contributed by atoms with van der Waals surface area (Å²) in [5.41, 5.74) is 1.16. The van der Waals surface area contributed by atoms with Gasteiger partial charge in [-0.25, -0.2) is 0 Å². The molecule has 0 atom stereocenters. The zero-order valence-corrected chi connectivity index (χ0v) is 18.4. The molecule has 3 aromatic rings. The van der Waals surface area contributed by atoms with E-state index in [9.17, 15) is 13.2 Å². The van der Waals surface area contributed by atoms with Crippen molar-refractivity contribution in [2.75, 3.05) is 7.11 Å². The molecule has 0 N–H and O–H groups in total. The number of hydrogen-bond acceptors (Lipinski definition) is 6. The van der Waals surface area contributed by atoms with Gasteiger partial charge in [0, 0.05) is 16.7 Å². The van der Waals surface area contributed by atoms with E-state index in [1.807, 2.05) is 24.3 Å². The highest BCUT2D eigenvalue weighted by atomic mass is 35.5. The zero-order valence-electron chi connectivity index (χ0n) is 16.8. The Morgan fingerprint density at radius 2 is 1.75 bits per heavy atom. The van der Waals surface area contributed by atoms with Crippen molar-refractivity contribution in [2.24, 2.45) is 0 Å². The fraction of sp³-hybridized carbons (Fsp3) is 0.0417. The summed E-state index contributed by atoms with van der Waals surface area (Å²) < 4.78 is 41.0. The summed E-state index contributed by atoms with van der Waals surface area (Å²) in [6.07, 6.45) is 5.01. The van der Waals surface area contributed by atoms with E-state index >= 15 is 0 Å². The summed E-state index contributed by atoms with van der Waals surface area (Å²) in [5, 5.41) is 0.410. The topological polar surface area (TPSA) is 78.9 Å². The minimum absolute atomic E-state index is 0.0253. The molecule has 3 aromatic carbocycles. The van der Waals surface area contributed by atoms with Crippen LogP contribution in [0.1, 0.15) is 15.9 Å². The standard InChI is InChI=1S/C24H17ClO6S/c1-29-21-7-3-2-5-16(21)6-4-8-22-24(26)20-14-11-18(15-23(20)30-22)31-32(27,28)19-12-9-17(25)10-13-19/h2-15H,1H3. The van der Waals surface area contributed by atoms with Crippen LogP contribution in [0.4, 0.5) is 0 Å². The van der Waals surface area contributed by atoms with Crippen molar-refractivity contribution >= 4 is 33.6 Å². The van der Waals surface area contributed by atoms with E-state index in [-0.39, 0.29) is 27.9 Å². The number of carbonyl (C=O) groups excluding carboxylic acids is 1. The summed E-state index contributed by atoms with van der Waals surface area (Å²) in [6.45, 7) is 0. The van der Waals surface area contributed by atoms with Crippen LogP contribution in [-0.2, 0) is 10.1 Å². The van der Waals surface area contributed by atoms with Gasteiger partial charge in [-0.05, 0) is 48.5 Å². The molecule has 0 bridgehead atoms. The maximum atomic E-state index is 12.6. The first-order valence-corrected chi connectivity index (χ1v) is 11.2. The van der Waals surface area contributed by atoms with Gasteiger partial charge >= 0.3 is 10.1 Å². The average Bonchev–Trinajstić information content (AvgIpc) is 3.09. The molecule has 4 rings (SSSR count). The highest BCUT2D eigenvalue weighted by Gasteiger charge is 2.28. The van der Waals surface area contributed by atoms with Crippen LogP contribution >= 0.6 is 11.6 Å². The van der Waals surface area contributed by atoms with E-state index < -0.39 is 10.1 Å². The Labute approximate surface area is 190 Å². The molecule has 0 saturated heterocycles. The van der Waals surface area contributed by atoms with Gasteiger partial charge in [-0.3, -0.25) is 4.79 Å². The van der Waals surface area contributed by atoms with E-state index in [4.69, 9.17) is 25.3 Å². The van der Waals surface area contributed by atoms with Crippen LogP contribution in [0.15, 0.2) is 89.5 Å². The smallest absolute Gasteiger partial charge is 0.339 e. The number of ether oxygens (including phenoxy) is 2. The van der Waals surface area contributed by atoms with Crippen LogP contribution in [0.3, 0.4) is 0 Å². The van der Waals surface area contributed by atoms with Crippen LogP contribution in [0, 0.1) is 0 Å². The van der Waals surface area contributed by atoms with Gasteiger partial charge in [0.2, 0.25) is 5.78 Å². The fourth-order valence-corrected chi connectivity index (χ4v) is 4.10. The normalized spacial score (nSPS) is 14.4. The number of halogens is 1. The molecule has 0 aromatic heterocycles. The maximum absolute atomic E-state index is 12.6. The Hall–Kier alpha value is -3.55. The molecular weight excluding hydrogens is 452 g/mol. The number of benzene rings is 3. The highest BCUT2D eigenvalue weighted by Crippen LogP contribution is 2.35. The van der Waals surface area contributed by atoms with Gasteiger partial charge in [0.25, 0.3) is 0 Å². The maximum Gasteiger partial charge on any atom is 0.339 e. The lowest BCUT2D eigenvalue weighted by atomic mass is 10.1. The highest BCUT2D eigenvalue weighted by molar-refractivity contribution is 7.87. The molecular formula is C24H17ClO6S. The number of allylic oxidation sites excluding steroid dienone is 3. The van der Waals surface area contributed by atoms with E-state index in [0.29, 0.717) is 16.3 Å². The molecule has 0 amide bonds. The van der Waals surface area contributed by atoms with Crippen molar-refractivity contribution in [3.8, 4) is 17.2 Å². The first-order chi connectivity index (χ1) is 15.4. The van der Waals surface area contributed by atoms with Crippen molar-refractivity contribution in [2.45, 2.75) is 4.90 Å².